The van der Waals surface area contributed by atoms with E-state index in [1.54, 1.807) is 12.3 Å². The highest BCUT2D eigenvalue weighted by atomic mass is 15.3. The first-order valence-corrected chi connectivity index (χ1v) is 5.11. The number of hydrogen-bond acceptors (Lipinski definition) is 4. The van der Waals surface area contributed by atoms with Gasteiger partial charge >= 0.3 is 0 Å². The van der Waals surface area contributed by atoms with Crippen molar-refractivity contribution in [3.63, 3.8) is 0 Å². The summed E-state index contributed by atoms with van der Waals surface area (Å²) in [6.45, 7) is 5.89. The molecule has 0 aliphatic rings. The number of nitrogens with one attached hydrogen (secondary N) is 1. The molecule has 0 spiro atoms. The number of aromatic nitrogens is 2. The van der Waals surface area contributed by atoms with Crippen LogP contribution in [-0.4, -0.2) is 29.1 Å². The second kappa shape index (κ2) is 5.29. The van der Waals surface area contributed by atoms with Crippen molar-refractivity contribution in [1.29, 1.82) is 5.41 Å². The van der Waals surface area contributed by atoms with E-state index in [2.05, 4.69) is 22.0 Å². The van der Waals surface area contributed by atoms with Crippen LogP contribution < -0.4 is 10.6 Å². The summed E-state index contributed by atoms with van der Waals surface area (Å²) in [7, 11) is 0. The maximum atomic E-state index is 7.46. The Bertz CT molecular complexity index is 336. The van der Waals surface area contributed by atoms with E-state index in [1.807, 2.05) is 6.92 Å². The van der Waals surface area contributed by atoms with Crippen LogP contribution in [0.2, 0.25) is 0 Å². The summed E-state index contributed by atoms with van der Waals surface area (Å²) in [4.78, 5) is 2.07. The molecule has 3 N–H and O–H groups in total. The number of nitrogens with two attached hydrogens (primary N) is 1. The molecule has 0 atom stereocenters. The molecule has 1 aromatic rings. The van der Waals surface area contributed by atoms with Gasteiger partial charge in [0.25, 0.3) is 0 Å². The maximum absolute atomic E-state index is 7.46. The highest BCUT2D eigenvalue weighted by molar-refractivity contribution is 5.99. The lowest BCUT2D eigenvalue weighted by molar-refractivity contribution is 0.765. The topological polar surface area (TPSA) is 78.9 Å². The summed E-state index contributed by atoms with van der Waals surface area (Å²) in [6, 6.07) is 1.73. The Morgan fingerprint density at radius 3 is 2.80 bits per heavy atom. The molecular formula is C10H17N5. The van der Waals surface area contributed by atoms with Gasteiger partial charge in [-0.3, -0.25) is 5.41 Å². The predicted octanol–water partition coefficient (Wildman–Crippen LogP) is 0.997. The molecule has 5 heteroatoms. The van der Waals surface area contributed by atoms with Crippen molar-refractivity contribution >= 4 is 11.7 Å². The molecule has 1 rings (SSSR count). The molecule has 0 radical (unpaired) electrons. The molecule has 15 heavy (non-hydrogen) atoms. The van der Waals surface area contributed by atoms with E-state index in [-0.39, 0.29) is 5.84 Å². The van der Waals surface area contributed by atoms with Gasteiger partial charge in [-0.2, -0.15) is 5.10 Å². The molecule has 1 heterocycles. The Hall–Kier alpha value is -1.65. The van der Waals surface area contributed by atoms with Crippen molar-refractivity contribution in [2.75, 3.05) is 18.0 Å². The van der Waals surface area contributed by atoms with Gasteiger partial charge in [-0.15, -0.1) is 5.10 Å². The number of amidine groups is 1. The monoisotopic (exact) mass is 207 g/mol. The second-order valence-corrected chi connectivity index (χ2v) is 3.26. The van der Waals surface area contributed by atoms with Crippen LogP contribution in [0, 0.1) is 5.41 Å². The lowest BCUT2D eigenvalue weighted by Gasteiger charge is -2.22. The molecule has 0 amide bonds. The largest absolute Gasteiger partial charge is 0.384 e. The summed E-state index contributed by atoms with van der Waals surface area (Å²) >= 11 is 0. The third-order valence-electron chi connectivity index (χ3n) is 2.17. The summed E-state index contributed by atoms with van der Waals surface area (Å²) in [5, 5.41) is 15.3. The smallest absolute Gasteiger partial charge is 0.162 e. The van der Waals surface area contributed by atoms with Crippen LogP contribution in [0.1, 0.15) is 25.8 Å². The minimum Gasteiger partial charge on any atom is -0.384 e. The quantitative estimate of drug-likeness (QED) is 0.557. The maximum Gasteiger partial charge on any atom is 0.162 e. The van der Waals surface area contributed by atoms with E-state index in [0.717, 1.165) is 19.5 Å². The van der Waals surface area contributed by atoms with Crippen molar-refractivity contribution in [2.24, 2.45) is 5.73 Å². The Morgan fingerprint density at radius 1 is 1.53 bits per heavy atom. The van der Waals surface area contributed by atoms with Crippen LogP contribution in [0.15, 0.2) is 12.3 Å². The van der Waals surface area contributed by atoms with Gasteiger partial charge in [0.2, 0.25) is 0 Å². The molecule has 5 nitrogen and oxygen atoms in total. The zero-order chi connectivity index (χ0) is 11.3. The second-order valence-electron chi connectivity index (χ2n) is 3.26. The fourth-order valence-electron chi connectivity index (χ4n) is 1.45. The molecule has 82 valence electrons. The van der Waals surface area contributed by atoms with Gasteiger partial charge in [-0.05, 0) is 19.4 Å². The van der Waals surface area contributed by atoms with Crippen molar-refractivity contribution in [3.05, 3.63) is 17.8 Å². The number of hydrogen-bond donors (Lipinski definition) is 2. The fourth-order valence-corrected chi connectivity index (χ4v) is 1.45. The van der Waals surface area contributed by atoms with Crippen molar-refractivity contribution in [3.8, 4) is 0 Å². The Morgan fingerprint density at radius 2 is 2.27 bits per heavy atom. The molecule has 0 bridgehead atoms. The molecule has 0 aliphatic heterocycles. The van der Waals surface area contributed by atoms with Crippen molar-refractivity contribution in [2.45, 2.75) is 20.3 Å². The van der Waals surface area contributed by atoms with Gasteiger partial charge in [-0.25, -0.2) is 0 Å². The van der Waals surface area contributed by atoms with Crippen molar-refractivity contribution < 1.29 is 0 Å². The molecular weight excluding hydrogens is 190 g/mol. The Balaban J connectivity index is 3.04. The number of rotatable bonds is 5. The molecule has 0 saturated carbocycles. The van der Waals surface area contributed by atoms with Crippen LogP contribution in [0.3, 0.4) is 0 Å². The third kappa shape index (κ3) is 2.65. The van der Waals surface area contributed by atoms with E-state index in [4.69, 9.17) is 11.1 Å². The van der Waals surface area contributed by atoms with Gasteiger partial charge < -0.3 is 10.6 Å². The van der Waals surface area contributed by atoms with Crippen LogP contribution in [0.4, 0.5) is 5.82 Å². The average molecular weight is 207 g/mol. The average Bonchev–Trinajstić information content (AvgIpc) is 2.26. The minimum atomic E-state index is 0.0365. The first kappa shape index (κ1) is 11.4. The van der Waals surface area contributed by atoms with Gasteiger partial charge in [-0.1, -0.05) is 6.92 Å². The van der Waals surface area contributed by atoms with Crippen LogP contribution in [0.25, 0.3) is 0 Å². The molecule has 1 aromatic heterocycles. The van der Waals surface area contributed by atoms with E-state index < -0.39 is 0 Å². The number of anilines is 1. The van der Waals surface area contributed by atoms with E-state index >= 15 is 0 Å². The summed E-state index contributed by atoms with van der Waals surface area (Å²) in [5.74, 6) is 0.740. The standard InChI is InChI=1S/C10H17N5/c1-3-7-15(4-2)10-8(9(11)12)5-6-13-14-10/h5-6H,3-4,7H2,1-2H3,(H3,11,12). The Labute approximate surface area is 89.8 Å². The molecule has 0 aliphatic carbocycles. The normalized spacial score (nSPS) is 10.0. The van der Waals surface area contributed by atoms with Crippen LogP contribution in [0.5, 0.6) is 0 Å². The molecule has 0 aromatic carbocycles. The van der Waals surface area contributed by atoms with Gasteiger partial charge in [0, 0.05) is 13.1 Å². The van der Waals surface area contributed by atoms with E-state index in [1.165, 1.54) is 0 Å². The lowest BCUT2D eigenvalue weighted by Crippen LogP contribution is -2.28. The first-order valence-electron chi connectivity index (χ1n) is 5.11. The highest BCUT2D eigenvalue weighted by Crippen LogP contribution is 2.15. The minimum absolute atomic E-state index is 0.0365. The highest BCUT2D eigenvalue weighted by Gasteiger charge is 2.12. The lowest BCUT2D eigenvalue weighted by atomic mass is 10.2. The Kier molecular flexibility index (Phi) is 4.03. The number of nitrogens with zero attached hydrogens (tertiary/aromatic N) is 3. The van der Waals surface area contributed by atoms with Gasteiger partial charge in [0.1, 0.15) is 5.84 Å². The summed E-state index contributed by atoms with van der Waals surface area (Å²) < 4.78 is 0. The van der Waals surface area contributed by atoms with E-state index in [9.17, 15) is 0 Å². The van der Waals surface area contributed by atoms with Crippen molar-refractivity contribution in [1.82, 2.24) is 10.2 Å². The summed E-state index contributed by atoms with van der Waals surface area (Å²) in [5.41, 5.74) is 6.15. The summed E-state index contributed by atoms with van der Waals surface area (Å²) in [6.07, 6.45) is 2.59. The number of nitrogen functional groups attached to an aromatic ring is 1. The van der Waals surface area contributed by atoms with Gasteiger partial charge in [0.15, 0.2) is 5.82 Å². The van der Waals surface area contributed by atoms with Gasteiger partial charge in [0.05, 0.1) is 11.8 Å². The third-order valence-corrected chi connectivity index (χ3v) is 2.17. The molecule has 0 saturated heterocycles. The zero-order valence-electron chi connectivity index (χ0n) is 9.20. The zero-order valence-corrected chi connectivity index (χ0v) is 9.20. The molecule has 0 unspecified atom stereocenters. The van der Waals surface area contributed by atoms with Crippen LogP contribution >= 0.6 is 0 Å². The predicted molar refractivity (Wildman–Crippen MR) is 61.2 cm³/mol. The first-order chi connectivity index (χ1) is 7.20. The molecule has 0 fully saturated rings. The fraction of sp³-hybridized carbons (Fsp3) is 0.500. The SMILES string of the molecule is CCCN(CC)c1nnccc1C(=N)N. The van der Waals surface area contributed by atoms with Crippen LogP contribution in [-0.2, 0) is 0 Å². The van der Waals surface area contributed by atoms with E-state index in [0.29, 0.717) is 11.4 Å².